The maximum atomic E-state index is 6.29. The summed E-state index contributed by atoms with van der Waals surface area (Å²) in [5.41, 5.74) is 1.09. The van der Waals surface area contributed by atoms with Gasteiger partial charge in [-0.1, -0.05) is 34.0 Å². The summed E-state index contributed by atoms with van der Waals surface area (Å²) < 4.78 is 11.4. The highest BCUT2D eigenvalue weighted by atomic mass is 79.9. The van der Waals surface area contributed by atoms with Gasteiger partial charge in [-0.2, -0.15) is 0 Å². The number of hydrogen-bond acceptors (Lipinski definition) is 2. The molecule has 0 N–H and O–H groups in total. The molecule has 1 aromatic rings. The third-order valence-corrected chi connectivity index (χ3v) is 4.21. The maximum absolute atomic E-state index is 6.29. The van der Waals surface area contributed by atoms with Crippen LogP contribution in [0.1, 0.15) is 37.7 Å². The predicted molar refractivity (Wildman–Crippen MR) is 78.1 cm³/mol. The van der Waals surface area contributed by atoms with Crippen LogP contribution in [0, 0.1) is 0 Å². The van der Waals surface area contributed by atoms with Crippen molar-refractivity contribution < 1.29 is 9.47 Å². The minimum atomic E-state index is 0.278. The van der Waals surface area contributed by atoms with Crippen molar-refractivity contribution in [2.75, 3.05) is 7.11 Å². The monoisotopic (exact) mass is 332 g/mol. The Balaban J connectivity index is 2.19. The van der Waals surface area contributed by atoms with Gasteiger partial charge in [0.25, 0.3) is 0 Å². The summed E-state index contributed by atoms with van der Waals surface area (Å²) in [7, 11) is 1.65. The molecular weight excluding hydrogens is 316 g/mol. The van der Waals surface area contributed by atoms with E-state index in [4.69, 9.17) is 21.1 Å². The summed E-state index contributed by atoms with van der Waals surface area (Å²) in [5.74, 6) is 1.42. The second-order valence-electron chi connectivity index (χ2n) is 4.62. The van der Waals surface area contributed by atoms with E-state index in [-0.39, 0.29) is 6.10 Å². The molecule has 0 spiro atoms. The fourth-order valence-corrected chi connectivity index (χ4v) is 2.92. The molecule has 0 aromatic heterocycles. The third kappa shape index (κ3) is 3.33. The molecule has 1 fully saturated rings. The Hall–Kier alpha value is -0.410. The molecule has 1 aliphatic rings. The molecule has 0 bridgehead atoms. The number of halogens is 2. The molecule has 4 heteroatoms. The van der Waals surface area contributed by atoms with Crippen molar-refractivity contribution in [2.24, 2.45) is 0 Å². The van der Waals surface area contributed by atoms with Gasteiger partial charge in [0, 0.05) is 5.33 Å². The molecule has 2 rings (SSSR count). The van der Waals surface area contributed by atoms with Crippen molar-refractivity contribution in [2.45, 2.75) is 43.5 Å². The van der Waals surface area contributed by atoms with Crippen molar-refractivity contribution in [3.05, 3.63) is 22.7 Å². The molecule has 0 saturated heterocycles. The zero-order chi connectivity index (χ0) is 13.0. The fraction of sp³-hybridized carbons (Fsp3) is 0.571. The average molecular weight is 334 g/mol. The Morgan fingerprint density at radius 1 is 1.28 bits per heavy atom. The van der Waals surface area contributed by atoms with Crippen molar-refractivity contribution in [3.8, 4) is 11.5 Å². The summed E-state index contributed by atoms with van der Waals surface area (Å²) >= 11 is 9.71. The highest BCUT2D eigenvalue weighted by molar-refractivity contribution is 9.08. The van der Waals surface area contributed by atoms with Gasteiger partial charge < -0.3 is 9.47 Å². The van der Waals surface area contributed by atoms with Crippen LogP contribution in [-0.4, -0.2) is 13.2 Å². The zero-order valence-corrected chi connectivity index (χ0v) is 12.9. The molecule has 1 aromatic carbocycles. The summed E-state index contributed by atoms with van der Waals surface area (Å²) in [6.07, 6.45) is 6.29. The molecule has 0 radical (unpaired) electrons. The molecular formula is C14H18BrClO2. The lowest BCUT2D eigenvalue weighted by molar-refractivity contribution is 0.149. The highest BCUT2D eigenvalue weighted by Gasteiger charge is 2.19. The van der Waals surface area contributed by atoms with E-state index in [0.29, 0.717) is 10.8 Å². The van der Waals surface area contributed by atoms with Crippen LogP contribution < -0.4 is 9.47 Å². The molecule has 0 amide bonds. The number of alkyl halides is 1. The van der Waals surface area contributed by atoms with Crippen molar-refractivity contribution in [3.63, 3.8) is 0 Å². The first-order valence-corrected chi connectivity index (χ1v) is 7.83. The lowest BCUT2D eigenvalue weighted by atomic mass is 9.98. The van der Waals surface area contributed by atoms with Crippen LogP contribution in [0.5, 0.6) is 11.5 Å². The standard InChI is InChI=1S/C14H18BrClO2/c1-17-13-8-10(9-15)7-12(16)14(13)18-11-5-3-2-4-6-11/h7-8,11H,2-6,9H2,1H3. The third-order valence-electron chi connectivity index (χ3n) is 3.28. The quantitative estimate of drug-likeness (QED) is 0.725. The SMILES string of the molecule is COc1cc(CBr)cc(Cl)c1OC1CCCCC1. The summed E-state index contributed by atoms with van der Waals surface area (Å²) in [6.45, 7) is 0. The van der Waals surface area contributed by atoms with E-state index in [1.54, 1.807) is 7.11 Å². The van der Waals surface area contributed by atoms with Gasteiger partial charge in [0.1, 0.15) is 0 Å². The molecule has 18 heavy (non-hydrogen) atoms. The van der Waals surface area contributed by atoms with Gasteiger partial charge in [-0.25, -0.2) is 0 Å². The Bertz CT molecular complexity index is 403. The van der Waals surface area contributed by atoms with Crippen LogP contribution in [0.25, 0.3) is 0 Å². The van der Waals surface area contributed by atoms with Crippen LogP contribution in [0.15, 0.2) is 12.1 Å². The molecule has 0 atom stereocenters. The second kappa shape index (κ2) is 6.67. The van der Waals surface area contributed by atoms with E-state index in [0.717, 1.165) is 29.5 Å². The van der Waals surface area contributed by atoms with Gasteiger partial charge in [-0.05, 0) is 43.4 Å². The van der Waals surface area contributed by atoms with Gasteiger partial charge in [0.2, 0.25) is 0 Å². The number of rotatable bonds is 4. The Morgan fingerprint density at radius 3 is 2.61 bits per heavy atom. The molecule has 1 saturated carbocycles. The number of hydrogen-bond donors (Lipinski definition) is 0. The van der Waals surface area contributed by atoms with E-state index >= 15 is 0 Å². The number of benzene rings is 1. The van der Waals surface area contributed by atoms with Gasteiger partial charge in [0.15, 0.2) is 11.5 Å². The number of methoxy groups -OCH3 is 1. The molecule has 2 nitrogen and oxygen atoms in total. The second-order valence-corrected chi connectivity index (χ2v) is 5.59. The minimum absolute atomic E-state index is 0.278. The Kier molecular flexibility index (Phi) is 5.19. The number of ether oxygens (including phenoxy) is 2. The van der Waals surface area contributed by atoms with E-state index in [9.17, 15) is 0 Å². The highest BCUT2D eigenvalue weighted by Crippen LogP contribution is 2.39. The summed E-state index contributed by atoms with van der Waals surface area (Å²) in [6, 6.07) is 3.90. The summed E-state index contributed by atoms with van der Waals surface area (Å²) in [5, 5.41) is 1.39. The average Bonchev–Trinajstić information content (AvgIpc) is 2.42. The molecule has 100 valence electrons. The van der Waals surface area contributed by atoms with E-state index < -0.39 is 0 Å². The lowest BCUT2D eigenvalue weighted by Crippen LogP contribution is -2.20. The van der Waals surface area contributed by atoms with Crippen LogP contribution in [-0.2, 0) is 5.33 Å². The predicted octanol–water partition coefficient (Wildman–Crippen LogP) is 4.96. The van der Waals surface area contributed by atoms with Gasteiger partial charge in [-0.15, -0.1) is 0 Å². The van der Waals surface area contributed by atoms with Gasteiger partial charge >= 0.3 is 0 Å². The maximum Gasteiger partial charge on any atom is 0.180 e. The van der Waals surface area contributed by atoms with Crippen molar-refractivity contribution in [1.82, 2.24) is 0 Å². The lowest BCUT2D eigenvalue weighted by Gasteiger charge is -2.24. The molecule has 0 unspecified atom stereocenters. The van der Waals surface area contributed by atoms with Crippen LogP contribution in [0.2, 0.25) is 5.02 Å². The normalized spacial score (nSPS) is 16.6. The molecule has 0 aliphatic heterocycles. The smallest absolute Gasteiger partial charge is 0.180 e. The minimum Gasteiger partial charge on any atom is -0.493 e. The van der Waals surface area contributed by atoms with Crippen LogP contribution in [0.3, 0.4) is 0 Å². The van der Waals surface area contributed by atoms with Gasteiger partial charge in [0.05, 0.1) is 18.2 Å². The Morgan fingerprint density at radius 2 is 2.00 bits per heavy atom. The zero-order valence-electron chi connectivity index (χ0n) is 10.5. The first kappa shape index (κ1) is 14.0. The molecule has 1 aliphatic carbocycles. The fourth-order valence-electron chi connectivity index (χ4n) is 2.31. The first-order chi connectivity index (χ1) is 8.74. The van der Waals surface area contributed by atoms with E-state index in [1.165, 1.54) is 19.3 Å². The molecule has 0 heterocycles. The Labute approximate surface area is 122 Å². The topological polar surface area (TPSA) is 18.5 Å². The van der Waals surface area contributed by atoms with Crippen molar-refractivity contribution in [1.29, 1.82) is 0 Å². The summed E-state index contributed by atoms with van der Waals surface area (Å²) in [4.78, 5) is 0. The van der Waals surface area contributed by atoms with E-state index in [2.05, 4.69) is 15.9 Å². The largest absolute Gasteiger partial charge is 0.493 e. The van der Waals surface area contributed by atoms with Crippen LogP contribution in [0.4, 0.5) is 0 Å². The first-order valence-electron chi connectivity index (χ1n) is 6.33. The van der Waals surface area contributed by atoms with Crippen molar-refractivity contribution >= 4 is 27.5 Å². The van der Waals surface area contributed by atoms with Gasteiger partial charge in [-0.3, -0.25) is 0 Å². The van der Waals surface area contributed by atoms with Crippen LogP contribution >= 0.6 is 27.5 Å². The van der Waals surface area contributed by atoms with E-state index in [1.807, 2.05) is 12.1 Å².